The van der Waals surface area contributed by atoms with E-state index >= 15 is 0 Å². The minimum Gasteiger partial charge on any atom is -0.305 e. The Morgan fingerprint density at radius 3 is 2.00 bits per heavy atom. The second-order valence-corrected chi connectivity index (χ2v) is 12.2. The molecule has 0 atom stereocenters. The van der Waals surface area contributed by atoms with Gasteiger partial charge in [-0.2, -0.15) is 0 Å². The van der Waals surface area contributed by atoms with Crippen LogP contribution in [0.5, 0.6) is 0 Å². The molecule has 3 aromatic carbocycles. The van der Waals surface area contributed by atoms with E-state index in [0.29, 0.717) is 17.5 Å². The SMILES string of the molecule is Bc1ccc(-c2nc(-c3ccc(Br)cc3)nc(-c3ccc4c(c3)C(C)(C)c3ccnc5c6ncccc6n-4c35)n2)cc1. The van der Waals surface area contributed by atoms with Crippen LogP contribution in [0.25, 0.3) is 61.9 Å². The van der Waals surface area contributed by atoms with Crippen molar-refractivity contribution in [3.63, 3.8) is 0 Å². The summed E-state index contributed by atoms with van der Waals surface area (Å²) in [4.78, 5) is 24.4. The van der Waals surface area contributed by atoms with Gasteiger partial charge in [-0.3, -0.25) is 9.97 Å². The molecule has 7 aromatic rings. The van der Waals surface area contributed by atoms with Gasteiger partial charge in [0, 0.05) is 39.0 Å². The highest BCUT2D eigenvalue weighted by atomic mass is 79.9. The average molecular weight is 607 g/mol. The topological polar surface area (TPSA) is 69.4 Å². The lowest BCUT2D eigenvalue weighted by Crippen LogP contribution is -2.26. The number of halogens is 1. The quantitative estimate of drug-likeness (QED) is 0.217. The smallest absolute Gasteiger partial charge is 0.164 e. The van der Waals surface area contributed by atoms with Crippen LogP contribution in [-0.4, -0.2) is 37.3 Å². The number of pyridine rings is 2. The molecule has 0 bridgehead atoms. The fourth-order valence-corrected chi connectivity index (χ4v) is 6.33. The summed E-state index contributed by atoms with van der Waals surface area (Å²) in [5.74, 6) is 1.93. The summed E-state index contributed by atoms with van der Waals surface area (Å²) >= 11 is 3.54. The summed E-state index contributed by atoms with van der Waals surface area (Å²) in [7, 11) is 2.08. The van der Waals surface area contributed by atoms with Gasteiger partial charge in [0.1, 0.15) is 18.9 Å². The first-order valence-electron chi connectivity index (χ1n) is 13.9. The van der Waals surface area contributed by atoms with Crippen molar-refractivity contribution < 1.29 is 0 Å². The van der Waals surface area contributed by atoms with Crippen molar-refractivity contribution in [1.82, 2.24) is 29.5 Å². The minimum atomic E-state index is -0.280. The van der Waals surface area contributed by atoms with E-state index < -0.39 is 0 Å². The van der Waals surface area contributed by atoms with Gasteiger partial charge in [-0.05, 0) is 59.7 Å². The van der Waals surface area contributed by atoms with Crippen molar-refractivity contribution >= 4 is 51.3 Å². The Morgan fingerprint density at radius 2 is 1.29 bits per heavy atom. The predicted octanol–water partition coefficient (Wildman–Crippen LogP) is 6.42. The third-order valence-electron chi connectivity index (χ3n) is 8.29. The van der Waals surface area contributed by atoms with Crippen LogP contribution in [0.4, 0.5) is 0 Å². The average Bonchev–Trinajstić information content (AvgIpc) is 3.35. The van der Waals surface area contributed by atoms with E-state index in [1.165, 1.54) is 16.6 Å². The molecule has 200 valence electrons. The van der Waals surface area contributed by atoms with Crippen LogP contribution in [0.3, 0.4) is 0 Å². The molecule has 0 aliphatic carbocycles. The molecule has 5 heterocycles. The maximum absolute atomic E-state index is 5.01. The summed E-state index contributed by atoms with van der Waals surface area (Å²) in [6.45, 7) is 4.55. The lowest BCUT2D eigenvalue weighted by atomic mass is 9.74. The molecule has 0 amide bonds. The molecule has 0 N–H and O–H groups in total. The van der Waals surface area contributed by atoms with Gasteiger partial charge in [0.15, 0.2) is 17.5 Å². The van der Waals surface area contributed by atoms with Crippen molar-refractivity contribution in [2.45, 2.75) is 19.3 Å². The van der Waals surface area contributed by atoms with Crippen LogP contribution < -0.4 is 5.46 Å². The lowest BCUT2D eigenvalue weighted by molar-refractivity contribution is 0.629. The molecular formula is C34H24BBrN6. The second kappa shape index (κ2) is 9.16. The molecule has 0 unspecified atom stereocenters. The van der Waals surface area contributed by atoms with Gasteiger partial charge in [0.25, 0.3) is 0 Å². The largest absolute Gasteiger partial charge is 0.305 e. The maximum atomic E-state index is 5.01. The Bertz CT molecular complexity index is 2120. The number of benzene rings is 3. The van der Waals surface area contributed by atoms with Crippen LogP contribution in [0, 0.1) is 0 Å². The number of fused-ring (bicyclic) bond motifs is 5. The van der Waals surface area contributed by atoms with E-state index in [2.05, 4.69) is 96.8 Å². The Kier molecular flexibility index (Phi) is 5.47. The first-order chi connectivity index (χ1) is 20.4. The molecule has 4 aromatic heterocycles. The zero-order valence-electron chi connectivity index (χ0n) is 23.3. The molecular weight excluding hydrogens is 583 g/mol. The zero-order valence-corrected chi connectivity index (χ0v) is 24.9. The van der Waals surface area contributed by atoms with Crippen LogP contribution in [0.1, 0.15) is 25.0 Å². The second-order valence-electron chi connectivity index (χ2n) is 11.3. The van der Waals surface area contributed by atoms with E-state index in [1.807, 2.05) is 42.7 Å². The summed E-state index contributed by atoms with van der Waals surface area (Å²) in [6, 6.07) is 29.2. The fourth-order valence-electron chi connectivity index (χ4n) is 6.07. The molecule has 0 radical (unpaired) electrons. The van der Waals surface area contributed by atoms with Gasteiger partial charge in [-0.25, -0.2) is 15.0 Å². The van der Waals surface area contributed by atoms with Crippen LogP contribution >= 0.6 is 15.9 Å². The van der Waals surface area contributed by atoms with Crippen LogP contribution in [0.2, 0.25) is 0 Å². The molecule has 0 fully saturated rings. The molecule has 0 saturated heterocycles. The number of hydrogen-bond donors (Lipinski definition) is 0. The number of aromatic nitrogens is 6. The number of hydrogen-bond acceptors (Lipinski definition) is 5. The zero-order chi connectivity index (χ0) is 28.6. The van der Waals surface area contributed by atoms with Gasteiger partial charge in [-0.15, -0.1) is 0 Å². The van der Waals surface area contributed by atoms with Gasteiger partial charge in [0.2, 0.25) is 0 Å². The molecule has 6 nitrogen and oxygen atoms in total. The Labute approximate surface area is 252 Å². The summed E-state index contributed by atoms with van der Waals surface area (Å²) in [5, 5.41) is 0. The first kappa shape index (κ1) is 25.1. The Hall–Kier alpha value is -4.69. The number of rotatable bonds is 3. The normalized spacial score (nSPS) is 13.4. The third kappa shape index (κ3) is 3.75. The predicted molar refractivity (Wildman–Crippen MR) is 174 cm³/mol. The van der Waals surface area contributed by atoms with E-state index in [-0.39, 0.29) is 5.41 Å². The van der Waals surface area contributed by atoms with Crippen molar-refractivity contribution in [3.8, 4) is 39.9 Å². The minimum absolute atomic E-state index is 0.280. The van der Waals surface area contributed by atoms with Crippen molar-refractivity contribution in [1.29, 1.82) is 0 Å². The molecule has 8 rings (SSSR count). The molecule has 0 spiro atoms. The third-order valence-corrected chi connectivity index (χ3v) is 8.82. The van der Waals surface area contributed by atoms with E-state index in [0.717, 1.165) is 48.9 Å². The standard InChI is InChI=1S/C34H24BBrN6/c1-34(2)24-15-17-38-29-28-27(4-3-16-37-28)42(30(24)29)26-14-9-21(18-25(26)34)33-40-31(19-5-10-22(35)11-6-19)39-32(41-33)20-7-12-23(36)13-8-20/h3-18H,35H2,1-2H3. The molecule has 1 aliphatic rings. The van der Waals surface area contributed by atoms with Crippen LogP contribution in [-0.2, 0) is 5.41 Å². The highest BCUT2D eigenvalue weighted by Crippen LogP contribution is 2.47. The van der Waals surface area contributed by atoms with Gasteiger partial charge < -0.3 is 4.57 Å². The van der Waals surface area contributed by atoms with E-state index in [1.54, 1.807) is 0 Å². The van der Waals surface area contributed by atoms with Gasteiger partial charge in [0.05, 0.1) is 16.7 Å². The molecule has 0 saturated carbocycles. The Balaban J connectivity index is 1.36. The number of nitrogens with zero attached hydrogens (tertiary/aromatic N) is 6. The summed E-state index contributed by atoms with van der Waals surface area (Å²) in [5.41, 5.74) is 11.3. The molecule has 42 heavy (non-hydrogen) atoms. The molecule has 8 heteroatoms. The Morgan fingerprint density at radius 1 is 0.667 bits per heavy atom. The van der Waals surface area contributed by atoms with E-state index in [4.69, 9.17) is 24.9 Å². The first-order valence-corrected chi connectivity index (χ1v) is 14.7. The fraction of sp³-hybridized carbons (Fsp3) is 0.0882. The highest BCUT2D eigenvalue weighted by molar-refractivity contribution is 9.10. The summed E-state index contributed by atoms with van der Waals surface area (Å²) in [6.07, 6.45) is 3.74. The van der Waals surface area contributed by atoms with E-state index in [9.17, 15) is 0 Å². The molecule has 1 aliphatic heterocycles. The monoisotopic (exact) mass is 606 g/mol. The maximum Gasteiger partial charge on any atom is 0.164 e. The van der Waals surface area contributed by atoms with Crippen LogP contribution in [0.15, 0.2) is 102 Å². The van der Waals surface area contributed by atoms with Gasteiger partial charge >= 0.3 is 0 Å². The van der Waals surface area contributed by atoms with Gasteiger partial charge in [-0.1, -0.05) is 71.6 Å². The summed E-state index contributed by atoms with van der Waals surface area (Å²) < 4.78 is 3.32. The van der Waals surface area contributed by atoms with Crippen molar-refractivity contribution in [2.75, 3.05) is 0 Å². The van der Waals surface area contributed by atoms with Crippen molar-refractivity contribution in [3.05, 3.63) is 113 Å². The van der Waals surface area contributed by atoms with Crippen molar-refractivity contribution in [2.24, 2.45) is 0 Å². The lowest BCUT2D eigenvalue weighted by Gasteiger charge is -2.34. The highest BCUT2D eigenvalue weighted by Gasteiger charge is 2.36.